The molecule has 0 heterocycles. The van der Waals surface area contributed by atoms with Crippen molar-refractivity contribution in [2.45, 2.75) is 19.1 Å². The van der Waals surface area contributed by atoms with Crippen LogP contribution in [0.25, 0.3) is 0 Å². The van der Waals surface area contributed by atoms with Crippen LogP contribution in [0.1, 0.15) is 6.92 Å². The maximum atomic E-state index is 10.2. The SMILES string of the molecule is CC(=O)C(O)C(O)CO. The molecule has 4 nitrogen and oxygen atoms in total. The number of hydrogen-bond acceptors (Lipinski definition) is 4. The van der Waals surface area contributed by atoms with E-state index in [4.69, 9.17) is 15.3 Å². The monoisotopic (exact) mass is 134 g/mol. The van der Waals surface area contributed by atoms with E-state index in [1.807, 2.05) is 0 Å². The lowest BCUT2D eigenvalue weighted by Gasteiger charge is -2.10. The first-order valence-electron chi connectivity index (χ1n) is 2.57. The van der Waals surface area contributed by atoms with Gasteiger partial charge in [-0.25, -0.2) is 0 Å². The van der Waals surface area contributed by atoms with Crippen LogP contribution in [0.2, 0.25) is 0 Å². The molecule has 9 heavy (non-hydrogen) atoms. The second kappa shape index (κ2) is 3.55. The van der Waals surface area contributed by atoms with Crippen LogP contribution in [0, 0.1) is 0 Å². The third-order valence-electron chi connectivity index (χ3n) is 0.968. The van der Waals surface area contributed by atoms with Crippen LogP contribution in [0.4, 0.5) is 0 Å². The van der Waals surface area contributed by atoms with Gasteiger partial charge in [-0.1, -0.05) is 0 Å². The first-order valence-corrected chi connectivity index (χ1v) is 2.57. The van der Waals surface area contributed by atoms with Gasteiger partial charge in [-0.05, 0) is 6.92 Å². The van der Waals surface area contributed by atoms with Gasteiger partial charge in [0.05, 0.1) is 6.61 Å². The summed E-state index contributed by atoms with van der Waals surface area (Å²) in [5.41, 5.74) is 0. The molecule has 0 bridgehead atoms. The number of rotatable bonds is 3. The lowest BCUT2D eigenvalue weighted by Crippen LogP contribution is -2.34. The number of aliphatic hydroxyl groups is 3. The van der Waals surface area contributed by atoms with Crippen molar-refractivity contribution in [2.75, 3.05) is 6.61 Å². The van der Waals surface area contributed by atoms with E-state index < -0.39 is 24.6 Å². The Balaban J connectivity index is 3.72. The van der Waals surface area contributed by atoms with E-state index >= 15 is 0 Å². The third-order valence-corrected chi connectivity index (χ3v) is 0.968. The summed E-state index contributed by atoms with van der Waals surface area (Å²) < 4.78 is 0. The molecular weight excluding hydrogens is 124 g/mol. The smallest absolute Gasteiger partial charge is 0.160 e. The molecule has 0 saturated heterocycles. The summed E-state index contributed by atoms with van der Waals surface area (Å²) in [6.45, 7) is 0.546. The minimum atomic E-state index is -1.45. The van der Waals surface area contributed by atoms with Crippen LogP contribution >= 0.6 is 0 Å². The minimum Gasteiger partial charge on any atom is -0.394 e. The molecule has 0 radical (unpaired) electrons. The molecule has 0 amide bonds. The predicted molar refractivity (Wildman–Crippen MR) is 29.8 cm³/mol. The van der Waals surface area contributed by atoms with E-state index in [0.717, 1.165) is 6.92 Å². The summed E-state index contributed by atoms with van der Waals surface area (Å²) in [4.78, 5) is 10.2. The Morgan fingerprint density at radius 2 is 2.00 bits per heavy atom. The van der Waals surface area contributed by atoms with Crippen LogP contribution in [0.15, 0.2) is 0 Å². The third kappa shape index (κ3) is 2.55. The Labute approximate surface area is 52.7 Å². The zero-order chi connectivity index (χ0) is 7.44. The Bertz CT molecular complexity index is 101. The van der Waals surface area contributed by atoms with Gasteiger partial charge in [0.2, 0.25) is 0 Å². The number of carbonyl (C=O) groups is 1. The van der Waals surface area contributed by atoms with Crippen molar-refractivity contribution in [3.05, 3.63) is 0 Å². The van der Waals surface area contributed by atoms with Crippen molar-refractivity contribution in [2.24, 2.45) is 0 Å². The van der Waals surface area contributed by atoms with Crippen LogP contribution in [0.3, 0.4) is 0 Å². The lowest BCUT2D eigenvalue weighted by atomic mass is 10.1. The van der Waals surface area contributed by atoms with Crippen LogP contribution in [-0.4, -0.2) is 39.9 Å². The highest BCUT2D eigenvalue weighted by atomic mass is 16.4. The lowest BCUT2D eigenvalue weighted by molar-refractivity contribution is -0.132. The highest BCUT2D eigenvalue weighted by molar-refractivity contribution is 5.80. The van der Waals surface area contributed by atoms with E-state index in [0.29, 0.717) is 0 Å². The summed E-state index contributed by atoms with van der Waals surface area (Å²) >= 11 is 0. The quantitative estimate of drug-likeness (QED) is 0.429. The molecule has 2 unspecified atom stereocenters. The zero-order valence-electron chi connectivity index (χ0n) is 5.11. The Morgan fingerprint density at radius 1 is 1.56 bits per heavy atom. The highest BCUT2D eigenvalue weighted by Crippen LogP contribution is 1.92. The van der Waals surface area contributed by atoms with Gasteiger partial charge in [-0.2, -0.15) is 0 Å². The van der Waals surface area contributed by atoms with E-state index in [-0.39, 0.29) is 0 Å². The molecule has 0 saturated carbocycles. The fourth-order valence-electron chi connectivity index (χ4n) is 0.371. The molecule has 0 aromatic carbocycles. The van der Waals surface area contributed by atoms with E-state index in [9.17, 15) is 4.79 Å². The van der Waals surface area contributed by atoms with E-state index in [1.54, 1.807) is 0 Å². The van der Waals surface area contributed by atoms with Crippen LogP contribution in [0.5, 0.6) is 0 Å². The fraction of sp³-hybridized carbons (Fsp3) is 0.800. The van der Waals surface area contributed by atoms with Crippen molar-refractivity contribution in [1.82, 2.24) is 0 Å². The van der Waals surface area contributed by atoms with Crippen molar-refractivity contribution in [3.63, 3.8) is 0 Å². The normalized spacial score (nSPS) is 16.9. The van der Waals surface area contributed by atoms with Crippen molar-refractivity contribution < 1.29 is 20.1 Å². The minimum absolute atomic E-state index is 0.545. The highest BCUT2D eigenvalue weighted by Gasteiger charge is 2.18. The summed E-state index contributed by atoms with van der Waals surface area (Å²) in [5, 5.41) is 25.4. The topological polar surface area (TPSA) is 77.8 Å². The molecule has 0 fully saturated rings. The van der Waals surface area contributed by atoms with Crippen molar-refractivity contribution in [1.29, 1.82) is 0 Å². The largest absolute Gasteiger partial charge is 0.394 e. The molecule has 0 rings (SSSR count). The molecule has 4 heteroatoms. The summed E-state index contributed by atoms with van der Waals surface area (Å²) in [7, 11) is 0. The molecule has 0 aromatic rings. The number of Topliss-reactive ketones (excluding diaryl/α,β-unsaturated/α-hetero) is 1. The van der Waals surface area contributed by atoms with Crippen LogP contribution < -0.4 is 0 Å². The summed E-state index contributed by atoms with van der Waals surface area (Å²) in [5.74, 6) is -0.545. The van der Waals surface area contributed by atoms with Crippen molar-refractivity contribution >= 4 is 5.78 Å². The Hall–Kier alpha value is -0.450. The second-order valence-electron chi connectivity index (χ2n) is 1.81. The molecule has 0 aliphatic carbocycles. The number of ketones is 1. The van der Waals surface area contributed by atoms with Gasteiger partial charge in [-0.15, -0.1) is 0 Å². The average molecular weight is 134 g/mol. The first-order chi connectivity index (χ1) is 4.09. The maximum Gasteiger partial charge on any atom is 0.160 e. The van der Waals surface area contributed by atoms with Gasteiger partial charge in [0, 0.05) is 0 Å². The van der Waals surface area contributed by atoms with Gasteiger partial charge in [-0.3, -0.25) is 4.79 Å². The molecule has 54 valence electrons. The fourth-order valence-corrected chi connectivity index (χ4v) is 0.371. The molecule has 3 N–H and O–H groups in total. The Morgan fingerprint density at radius 3 is 2.11 bits per heavy atom. The Kier molecular flexibility index (Phi) is 3.37. The van der Waals surface area contributed by atoms with Gasteiger partial charge in [0.1, 0.15) is 12.2 Å². The number of hydrogen-bond donors (Lipinski definition) is 3. The maximum absolute atomic E-state index is 10.2. The van der Waals surface area contributed by atoms with Crippen molar-refractivity contribution in [3.8, 4) is 0 Å². The molecule has 0 spiro atoms. The molecular formula is C5H10O4. The average Bonchev–Trinajstić information content (AvgIpc) is 1.84. The standard InChI is InChI=1S/C5H10O4/c1-3(7)5(9)4(8)2-6/h4-6,8-9H,2H2,1H3. The van der Waals surface area contributed by atoms with Gasteiger partial charge < -0.3 is 15.3 Å². The molecule has 0 aliphatic heterocycles. The van der Waals surface area contributed by atoms with Gasteiger partial charge in [0.25, 0.3) is 0 Å². The number of carbonyl (C=O) groups excluding carboxylic acids is 1. The molecule has 0 aromatic heterocycles. The summed E-state index contributed by atoms with van der Waals surface area (Å²) in [6.07, 6.45) is -2.79. The summed E-state index contributed by atoms with van der Waals surface area (Å²) in [6, 6.07) is 0. The first kappa shape index (κ1) is 8.55. The molecule has 2 atom stereocenters. The number of aliphatic hydroxyl groups excluding tert-OH is 3. The van der Waals surface area contributed by atoms with E-state index in [2.05, 4.69) is 0 Å². The zero-order valence-corrected chi connectivity index (χ0v) is 5.11. The molecule has 0 aliphatic rings. The van der Waals surface area contributed by atoms with Gasteiger partial charge >= 0.3 is 0 Å². The van der Waals surface area contributed by atoms with Gasteiger partial charge in [0.15, 0.2) is 5.78 Å². The predicted octanol–water partition coefficient (Wildman–Crippen LogP) is -1.71. The van der Waals surface area contributed by atoms with E-state index in [1.165, 1.54) is 0 Å². The second-order valence-corrected chi connectivity index (χ2v) is 1.81. The van der Waals surface area contributed by atoms with Crippen LogP contribution in [-0.2, 0) is 4.79 Å².